The highest BCUT2D eigenvalue weighted by Crippen LogP contribution is 2.30. The number of rotatable bonds is 3. The summed E-state index contributed by atoms with van der Waals surface area (Å²) < 4.78 is 0. The highest BCUT2D eigenvalue weighted by atomic mass is 35.5. The minimum absolute atomic E-state index is 0.0127. The van der Waals surface area contributed by atoms with Gasteiger partial charge in [0.1, 0.15) is 0 Å². The molecule has 6 nitrogen and oxygen atoms in total. The maximum absolute atomic E-state index is 12.9. The molecular formula is C17H20ClN3O3. The van der Waals surface area contributed by atoms with Crippen molar-refractivity contribution in [3.05, 3.63) is 28.8 Å². The third kappa shape index (κ3) is 3.24. The number of anilines is 1. The molecule has 128 valence electrons. The molecule has 0 spiro atoms. The molecule has 2 aliphatic heterocycles. The Morgan fingerprint density at radius 3 is 2.46 bits per heavy atom. The number of hydrogen-bond acceptors (Lipinski definition) is 3. The molecule has 1 aromatic carbocycles. The SMILES string of the molecule is NC(=O)C1CCN(C(=O)c2ccc(Cl)cc2N2CCCC2=O)CC1. The number of carbonyl (C=O) groups excluding carboxylic acids is 3. The van der Waals surface area contributed by atoms with Crippen LogP contribution in [0, 0.1) is 5.92 Å². The third-order valence-corrected chi connectivity index (χ3v) is 4.97. The lowest BCUT2D eigenvalue weighted by Gasteiger charge is -2.31. The van der Waals surface area contributed by atoms with Crippen LogP contribution in [0.4, 0.5) is 5.69 Å². The van der Waals surface area contributed by atoms with E-state index in [1.165, 1.54) is 0 Å². The van der Waals surface area contributed by atoms with Crippen molar-refractivity contribution in [3.8, 4) is 0 Å². The number of nitrogens with two attached hydrogens (primary N) is 1. The molecule has 0 bridgehead atoms. The molecule has 1 aromatic rings. The maximum Gasteiger partial charge on any atom is 0.255 e. The summed E-state index contributed by atoms with van der Waals surface area (Å²) in [5.41, 5.74) is 6.39. The third-order valence-electron chi connectivity index (χ3n) is 4.74. The molecule has 2 fully saturated rings. The van der Waals surface area contributed by atoms with E-state index in [0.29, 0.717) is 55.2 Å². The van der Waals surface area contributed by atoms with Crippen LogP contribution < -0.4 is 10.6 Å². The van der Waals surface area contributed by atoms with Gasteiger partial charge in [0.2, 0.25) is 11.8 Å². The fourth-order valence-electron chi connectivity index (χ4n) is 3.35. The van der Waals surface area contributed by atoms with Gasteiger partial charge in [-0.05, 0) is 37.5 Å². The molecular weight excluding hydrogens is 330 g/mol. The van der Waals surface area contributed by atoms with Crippen molar-refractivity contribution in [2.75, 3.05) is 24.5 Å². The van der Waals surface area contributed by atoms with E-state index in [4.69, 9.17) is 17.3 Å². The Kier molecular flexibility index (Phi) is 4.76. The van der Waals surface area contributed by atoms with Crippen LogP contribution in [0.25, 0.3) is 0 Å². The van der Waals surface area contributed by atoms with E-state index in [1.807, 2.05) is 0 Å². The number of halogens is 1. The van der Waals surface area contributed by atoms with Gasteiger partial charge in [-0.2, -0.15) is 0 Å². The molecule has 2 heterocycles. The second-order valence-corrected chi connectivity index (χ2v) is 6.72. The van der Waals surface area contributed by atoms with Crippen LogP contribution >= 0.6 is 11.6 Å². The summed E-state index contributed by atoms with van der Waals surface area (Å²) in [5, 5.41) is 0.494. The number of benzene rings is 1. The van der Waals surface area contributed by atoms with E-state index in [-0.39, 0.29) is 23.6 Å². The molecule has 0 saturated carbocycles. The average molecular weight is 350 g/mol. The summed E-state index contributed by atoms with van der Waals surface area (Å²) in [4.78, 5) is 39.6. The summed E-state index contributed by atoms with van der Waals surface area (Å²) in [6.07, 6.45) is 2.42. The highest BCUT2D eigenvalue weighted by molar-refractivity contribution is 6.31. The van der Waals surface area contributed by atoms with Crippen molar-refractivity contribution >= 4 is 35.0 Å². The number of carbonyl (C=O) groups is 3. The van der Waals surface area contributed by atoms with Gasteiger partial charge < -0.3 is 15.5 Å². The Morgan fingerprint density at radius 2 is 1.88 bits per heavy atom. The molecule has 0 aliphatic carbocycles. The normalized spacial score (nSPS) is 19.0. The van der Waals surface area contributed by atoms with E-state index in [9.17, 15) is 14.4 Å². The highest BCUT2D eigenvalue weighted by Gasteiger charge is 2.30. The first-order valence-corrected chi connectivity index (χ1v) is 8.53. The first-order valence-electron chi connectivity index (χ1n) is 8.16. The quantitative estimate of drug-likeness (QED) is 0.903. The minimum atomic E-state index is -0.308. The molecule has 0 atom stereocenters. The van der Waals surface area contributed by atoms with Gasteiger partial charge in [-0.1, -0.05) is 11.6 Å². The van der Waals surface area contributed by atoms with Crippen molar-refractivity contribution in [2.45, 2.75) is 25.7 Å². The van der Waals surface area contributed by atoms with Crippen LogP contribution in [0.15, 0.2) is 18.2 Å². The number of hydrogen-bond donors (Lipinski definition) is 1. The molecule has 7 heteroatoms. The van der Waals surface area contributed by atoms with Crippen molar-refractivity contribution in [2.24, 2.45) is 11.7 Å². The van der Waals surface area contributed by atoms with Crippen molar-refractivity contribution in [3.63, 3.8) is 0 Å². The van der Waals surface area contributed by atoms with E-state index in [1.54, 1.807) is 28.0 Å². The lowest BCUT2D eigenvalue weighted by molar-refractivity contribution is -0.123. The van der Waals surface area contributed by atoms with Crippen LogP contribution in [0.2, 0.25) is 5.02 Å². The lowest BCUT2D eigenvalue weighted by Crippen LogP contribution is -2.42. The zero-order chi connectivity index (χ0) is 17.3. The Bertz CT molecular complexity index is 684. The Labute approximate surface area is 145 Å². The van der Waals surface area contributed by atoms with Crippen LogP contribution in [0.3, 0.4) is 0 Å². The van der Waals surface area contributed by atoms with Crippen molar-refractivity contribution in [1.82, 2.24) is 4.90 Å². The topological polar surface area (TPSA) is 83.7 Å². The van der Waals surface area contributed by atoms with Crippen LogP contribution in [0.5, 0.6) is 0 Å². The summed E-state index contributed by atoms with van der Waals surface area (Å²) in [5.74, 6) is -0.598. The fourth-order valence-corrected chi connectivity index (χ4v) is 3.52. The van der Waals surface area contributed by atoms with E-state index in [0.717, 1.165) is 6.42 Å². The van der Waals surface area contributed by atoms with Gasteiger partial charge >= 0.3 is 0 Å². The summed E-state index contributed by atoms with van der Waals surface area (Å²) >= 11 is 6.07. The van der Waals surface area contributed by atoms with Gasteiger partial charge in [0.05, 0.1) is 11.3 Å². The number of amides is 3. The van der Waals surface area contributed by atoms with Crippen molar-refractivity contribution in [1.29, 1.82) is 0 Å². The largest absolute Gasteiger partial charge is 0.369 e. The van der Waals surface area contributed by atoms with E-state index >= 15 is 0 Å². The fraction of sp³-hybridized carbons (Fsp3) is 0.471. The summed E-state index contributed by atoms with van der Waals surface area (Å²) in [6.45, 7) is 1.58. The molecule has 2 aliphatic rings. The molecule has 24 heavy (non-hydrogen) atoms. The second kappa shape index (κ2) is 6.81. The van der Waals surface area contributed by atoms with Gasteiger partial charge in [0, 0.05) is 37.0 Å². The summed E-state index contributed by atoms with van der Waals surface area (Å²) in [7, 11) is 0. The van der Waals surface area contributed by atoms with Crippen LogP contribution in [-0.2, 0) is 9.59 Å². The minimum Gasteiger partial charge on any atom is -0.369 e. The van der Waals surface area contributed by atoms with E-state index in [2.05, 4.69) is 0 Å². The van der Waals surface area contributed by atoms with Crippen LogP contribution in [-0.4, -0.2) is 42.3 Å². The monoisotopic (exact) mass is 349 g/mol. The van der Waals surface area contributed by atoms with Gasteiger partial charge in [0.25, 0.3) is 5.91 Å². The smallest absolute Gasteiger partial charge is 0.255 e. The molecule has 3 amide bonds. The maximum atomic E-state index is 12.9. The number of nitrogens with zero attached hydrogens (tertiary/aromatic N) is 2. The molecule has 2 saturated heterocycles. The van der Waals surface area contributed by atoms with Crippen molar-refractivity contribution < 1.29 is 14.4 Å². The predicted octanol–water partition coefficient (Wildman–Crippen LogP) is 1.80. The van der Waals surface area contributed by atoms with Gasteiger partial charge in [0.15, 0.2) is 0 Å². The first-order chi connectivity index (χ1) is 11.5. The molecule has 2 N–H and O–H groups in total. The lowest BCUT2D eigenvalue weighted by atomic mass is 9.95. The van der Waals surface area contributed by atoms with Gasteiger partial charge in [-0.25, -0.2) is 0 Å². The number of likely N-dealkylation sites (tertiary alicyclic amines) is 1. The zero-order valence-electron chi connectivity index (χ0n) is 13.3. The Hall–Kier alpha value is -2.08. The molecule has 0 radical (unpaired) electrons. The van der Waals surface area contributed by atoms with Crippen LogP contribution in [0.1, 0.15) is 36.0 Å². The predicted molar refractivity (Wildman–Crippen MR) is 90.9 cm³/mol. The van der Waals surface area contributed by atoms with E-state index < -0.39 is 0 Å². The van der Waals surface area contributed by atoms with Gasteiger partial charge in [-0.3, -0.25) is 14.4 Å². The Balaban J connectivity index is 1.83. The molecule has 0 unspecified atom stereocenters. The first kappa shape index (κ1) is 16.8. The molecule has 3 rings (SSSR count). The Morgan fingerprint density at radius 1 is 1.17 bits per heavy atom. The summed E-state index contributed by atoms with van der Waals surface area (Å²) in [6, 6.07) is 5.01. The average Bonchev–Trinajstić information content (AvgIpc) is 3.00. The van der Waals surface area contributed by atoms with Gasteiger partial charge in [-0.15, -0.1) is 0 Å². The standard InChI is InChI=1S/C17H20ClN3O3/c18-12-3-4-13(14(10-12)21-7-1-2-15(21)22)17(24)20-8-5-11(6-9-20)16(19)23/h3-4,10-11H,1-2,5-9H2,(H2,19,23). The molecule has 0 aromatic heterocycles. The zero-order valence-corrected chi connectivity index (χ0v) is 14.1. The number of primary amides is 1. The second-order valence-electron chi connectivity index (χ2n) is 6.28. The number of piperidine rings is 1.